The molecule has 1 aliphatic heterocycles. The summed E-state index contributed by atoms with van der Waals surface area (Å²) in [5.41, 5.74) is 0.308. The summed E-state index contributed by atoms with van der Waals surface area (Å²) in [6.45, 7) is 21.3. The van der Waals surface area contributed by atoms with Gasteiger partial charge < -0.3 is 54.4 Å². The smallest absolute Gasteiger partial charge is 0.463 e. The number of nitrogens with zero attached hydrogens (tertiary/aromatic N) is 4. The number of aliphatic hydroxyl groups excluding tert-OH is 1. The predicted molar refractivity (Wildman–Crippen MR) is 281 cm³/mol. The Bertz CT molecular complexity index is 1990. The molecule has 424 valence electrons. The Kier molecular flexibility index (Phi) is 27.3. The summed E-state index contributed by atoms with van der Waals surface area (Å²) in [4.78, 5) is 108. The number of carbonyl (C=O) groups excluding carboxylic acids is 6. The molecule has 74 heavy (non-hydrogen) atoms. The van der Waals surface area contributed by atoms with E-state index in [9.17, 15) is 48.2 Å². The van der Waals surface area contributed by atoms with Gasteiger partial charge in [-0.1, -0.05) is 85.2 Å². The number of benzene rings is 1. The third-order valence-electron chi connectivity index (χ3n) is 13.9. The Hall–Kier alpha value is -4.05. The molecule has 0 aromatic heterocycles. The van der Waals surface area contributed by atoms with Crippen LogP contribution in [0.3, 0.4) is 0 Å². The molecule has 11 atom stereocenters. The van der Waals surface area contributed by atoms with Gasteiger partial charge in [0.25, 0.3) is 0 Å². The molecule has 0 radical (unpaired) electrons. The lowest BCUT2D eigenvalue weighted by molar-refractivity contribution is -0.149. The van der Waals surface area contributed by atoms with Crippen molar-refractivity contribution in [3.63, 3.8) is 0 Å². The van der Waals surface area contributed by atoms with E-state index in [1.807, 2.05) is 52.8 Å². The lowest BCUT2D eigenvalue weighted by Gasteiger charge is -2.41. The van der Waals surface area contributed by atoms with Gasteiger partial charge in [0.05, 0.1) is 61.9 Å². The molecular formula is C52H92N7O14P. The normalized spacial score (nSPS) is 18.4. The second-order valence-corrected chi connectivity index (χ2v) is 22.8. The van der Waals surface area contributed by atoms with E-state index in [1.54, 1.807) is 77.4 Å². The molecule has 1 aliphatic rings. The van der Waals surface area contributed by atoms with E-state index < -0.39 is 110 Å². The van der Waals surface area contributed by atoms with Crippen molar-refractivity contribution in [1.29, 1.82) is 0 Å². The van der Waals surface area contributed by atoms with Gasteiger partial charge in [-0.05, 0) is 70.8 Å². The van der Waals surface area contributed by atoms with Gasteiger partial charge in [-0.15, -0.1) is 0 Å². The third kappa shape index (κ3) is 20.5. The monoisotopic (exact) mass is 1070 g/mol. The average molecular weight is 1070 g/mol. The van der Waals surface area contributed by atoms with Crippen molar-refractivity contribution in [1.82, 2.24) is 35.6 Å². The number of rotatable bonds is 31. The summed E-state index contributed by atoms with van der Waals surface area (Å²) in [6, 6.07) is 4.66. The highest BCUT2D eigenvalue weighted by Gasteiger charge is 2.44. The molecule has 2 rings (SSSR count). The van der Waals surface area contributed by atoms with Crippen LogP contribution in [0.4, 0.5) is 0 Å². The van der Waals surface area contributed by atoms with Crippen molar-refractivity contribution in [3.05, 3.63) is 35.9 Å². The van der Waals surface area contributed by atoms with E-state index in [2.05, 4.69) is 20.5 Å². The minimum Gasteiger partial charge on any atom is -0.463 e. The zero-order valence-electron chi connectivity index (χ0n) is 47.0. The van der Waals surface area contributed by atoms with Crippen molar-refractivity contribution < 1.29 is 67.0 Å². The van der Waals surface area contributed by atoms with E-state index >= 15 is 0 Å². The summed E-state index contributed by atoms with van der Waals surface area (Å²) in [5, 5.41) is 19.9. The van der Waals surface area contributed by atoms with Crippen LogP contribution >= 0.6 is 7.82 Å². The fourth-order valence-corrected chi connectivity index (χ4v) is 10.0. The summed E-state index contributed by atoms with van der Waals surface area (Å²) in [5.74, 6) is -4.32. The van der Waals surface area contributed by atoms with Gasteiger partial charge in [0.15, 0.2) is 0 Å². The second-order valence-electron chi connectivity index (χ2n) is 21.5. The Morgan fingerprint density at radius 2 is 1.46 bits per heavy atom. The fraction of sp³-hybridized carbons (Fsp3) is 0.769. The number of aliphatic hydroxyl groups is 1. The Balaban J connectivity index is 2.29. The van der Waals surface area contributed by atoms with Crippen molar-refractivity contribution in [2.24, 2.45) is 23.7 Å². The highest BCUT2D eigenvalue weighted by atomic mass is 31.2. The van der Waals surface area contributed by atoms with Gasteiger partial charge in [-0.25, -0.2) is 4.57 Å². The number of nitrogens with one attached hydrogen (secondary N) is 3. The fourth-order valence-electron chi connectivity index (χ4n) is 9.70. The van der Waals surface area contributed by atoms with E-state index in [1.165, 1.54) is 31.1 Å². The molecule has 5 amide bonds. The van der Waals surface area contributed by atoms with E-state index in [0.717, 1.165) is 0 Å². The van der Waals surface area contributed by atoms with Crippen LogP contribution < -0.4 is 16.0 Å². The predicted octanol–water partition coefficient (Wildman–Crippen LogP) is 3.50. The molecule has 0 aliphatic carbocycles. The number of phosphoric ester groups is 1. The molecule has 1 aromatic rings. The van der Waals surface area contributed by atoms with Crippen molar-refractivity contribution >= 4 is 43.3 Å². The average Bonchev–Trinajstić information content (AvgIpc) is 3.81. The van der Waals surface area contributed by atoms with E-state index in [0.29, 0.717) is 31.4 Å². The number of ether oxygens (including phenoxy) is 3. The summed E-state index contributed by atoms with van der Waals surface area (Å²) in [6.07, 6.45) is -0.538. The number of carbonyl (C=O) groups is 6. The van der Waals surface area contributed by atoms with Gasteiger partial charge in [0, 0.05) is 53.5 Å². The first-order valence-corrected chi connectivity index (χ1v) is 27.5. The van der Waals surface area contributed by atoms with Crippen LogP contribution in [0, 0.1) is 23.7 Å². The maximum absolute atomic E-state index is 14.7. The Labute approximate surface area is 440 Å². The summed E-state index contributed by atoms with van der Waals surface area (Å²) < 4.78 is 33.6. The van der Waals surface area contributed by atoms with Crippen LogP contribution in [0.25, 0.3) is 0 Å². The van der Waals surface area contributed by atoms with E-state index in [4.69, 9.17) is 14.2 Å². The van der Waals surface area contributed by atoms with Gasteiger partial charge in [-0.2, -0.15) is 0 Å². The number of phosphoric acid groups is 1. The molecule has 1 aromatic carbocycles. The molecular weight excluding hydrogens is 978 g/mol. The summed E-state index contributed by atoms with van der Waals surface area (Å²) in [7, 11) is 1.27. The molecule has 0 spiro atoms. The molecule has 6 N–H and O–H groups in total. The van der Waals surface area contributed by atoms with Crippen LogP contribution in [-0.4, -0.2) is 192 Å². The van der Waals surface area contributed by atoms with Crippen LogP contribution in [0.15, 0.2) is 30.3 Å². The summed E-state index contributed by atoms with van der Waals surface area (Å²) >= 11 is 0. The van der Waals surface area contributed by atoms with Crippen molar-refractivity contribution in [2.45, 2.75) is 169 Å². The lowest BCUT2D eigenvalue weighted by Crippen LogP contribution is -2.60. The van der Waals surface area contributed by atoms with Gasteiger partial charge >= 0.3 is 13.8 Å². The van der Waals surface area contributed by atoms with Gasteiger partial charge in [0.2, 0.25) is 29.5 Å². The molecule has 0 bridgehead atoms. The second kappa shape index (κ2) is 30.6. The van der Waals surface area contributed by atoms with Crippen molar-refractivity contribution in [3.8, 4) is 0 Å². The minimum atomic E-state index is -4.83. The maximum Gasteiger partial charge on any atom is 0.469 e. The highest BCUT2D eigenvalue weighted by Crippen LogP contribution is 2.35. The maximum atomic E-state index is 14.7. The highest BCUT2D eigenvalue weighted by molar-refractivity contribution is 7.46. The number of amides is 5. The van der Waals surface area contributed by atoms with Crippen molar-refractivity contribution in [2.75, 3.05) is 67.7 Å². The lowest BCUT2D eigenvalue weighted by atomic mass is 9.89. The minimum absolute atomic E-state index is 0.00422. The number of hydrogen-bond acceptors (Lipinski definition) is 14. The van der Waals surface area contributed by atoms with Gasteiger partial charge in [0.1, 0.15) is 24.7 Å². The first-order valence-electron chi connectivity index (χ1n) is 26.0. The number of hydrogen-bond donors (Lipinski definition) is 6. The number of methoxy groups -OCH3 is 2. The molecule has 1 saturated heterocycles. The Morgan fingerprint density at radius 1 is 0.851 bits per heavy atom. The molecule has 21 nitrogen and oxygen atoms in total. The topological polar surface area (TPSA) is 266 Å². The quantitative estimate of drug-likeness (QED) is 0.0459. The first-order chi connectivity index (χ1) is 34.4. The number of esters is 1. The van der Waals surface area contributed by atoms with Gasteiger partial charge in [-0.3, -0.25) is 43.5 Å². The van der Waals surface area contributed by atoms with Crippen LogP contribution in [0.2, 0.25) is 0 Å². The standard InChI is InChI=1S/C52H92N7O14P/c1-17-34(6)45(40(70-15)30-41(60)59-25-21-24-39(59)47(71-16)35(7)48(63)53-36(8)46(62)38-22-19-18-20-23-38)57(14)50(65)43(32(2)3)54-49(64)44(33(4)5)56(13)42(61)31-58(27-29-73-74(67,68)69)26-28-72-51(66)37(9)55-52(10,11)12/h18-20,22-23,32-37,39-40,43-47,55,62H,17,21,24-31H2,1-16H3,(H,53,63)(H,54,64)(H2,67,68,69)/t34-,35+,36+,37-,39-,40+,43-,44-,45-,46+,47+/m0/s1. The Morgan fingerprint density at radius 3 is 1.99 bits per heavy atom. The molecule has 0 saturated carbocycles. The zero-order chi connectivity index (χ0) is 56.4. The van der Waals surface area contributed by atoms with Crippen LogP contribution in [0.5, 0.6) is 0 Å². The molecule has 0 unspecified atom stereocenters. The molecule has 1 fully saturated rings. The van der Waals surface area contributed by atoms with Crippen LogP contribution in [-0.2, 0) is 52.1 Å². The SMILES string of the molecule is CC[C@H](C)[C@@H]([C@@H](CC(=O)N1CCC[C@H]1[C@H](OC)[C@@H](C)C(=O)N[C@H](C)[C@@H](O)c1ccccc1)OC)N(C)C(=O)[C@@H](NC(=O)[C@H](C(C)C)N(C)C(=O)CN(CCOC(=O)[C@H](C)NC(C)(C)C)CCOP(=O)(O)O)C(C)C. The third-order valence-corrected chi connectivity index (χ3v) is 14.4. The molecule has 1 heterocycles. The first kappa shape index (κ1) is 66.1. The largest absolute Gasteiger partial charge is 0.469 e. The van der Waals surface area contributed by atoms with E-state index in [-0.39, 0.29) is 55.9 Å². The zero-order valence-corrected chi connectivity index (χ0v) is 47.9. The number of likely N-dealkylation sites (N-methyl/N-ethyl adjacent to an activating group) is 2. The van der Waals surface area contributed by atoms with Crippen LogP contribution in [0.1, 0.15) is 120 Å². The number of likely N-dealkylation sites (tertiary alicyclic amines) is 1. The molecule has 22 heteroatoms.